The second-order valence-corrected chi connectivity index (χ2v) is 6.27. The highest BCUT2D eigenvalue weighted by atomic mass is 16.5. The molecule has 2 atom stereocenters. The molecule has 1 amide bonds. The quantitative estimate of drug-likeness (QED) is 0.511. The zero-order valence-corrected chi connectivity index (χ0v) is 16.0. The van der Waals surface area contributed by atoms with Crippen molar-refractivity contribution in [3.8, 4) is 5.75 Å². The second kappa shape index (κ2) is 11.3. The largest absolute Gasteiger partial charge is 0.494 e. The summed E-state index contributed by atoms with van der Waals surface area (Å²) in [5.41, 5.74) is 0.861. The predicted molar refractivity (Wildman–Crippen MR) is 101 cm³/mol. The lowest BCUT2D eigenvalue weighted by molar-refractivity contribution is -0.146. The van der Waals surface area contributed by atoms with E-state index in [0.717, 1.165) is 17.7 Å². The fraction of sp³-hybridized carbons (Fsp3) is 0.500. The molecular formula is C20H29NO5. The van der Waals surface area contributed by atoms with Crippen LogP contribution in [-0.2, 0) is 14.3 Å². The molecule has 0 aliphatic rings. The standard InChI is InChI=1S/C20H29NO5/c1-5-12-26-18-9-6-17(7-10-18)8-11-19(23)21(14-16(3)22)13-15(2)20(24)25-4/h6-11,15-16,22H,5,12-14H2,1-4H3/b11-8+. The van der Waals surface area contributed by atoms with Gasteiger partial charge in [-0.25, -0.2) is 0 Å². The average molecular weight is 363 g/mol. The Morgan fingerprint density at radius 2 is 1.85 bits per heavy atom. The number of esters is 1. The molecule has 6 nitrogen and oxygen atoms in total. The highest BCUT2D eigenvalue weighted by Gasteiger charge is 2.21. The van der Waals surface area contributed by atoms with E-state index in [4.69, 9.17) is 9.47 Å². The van der Waals surface area contributed by atoms with Crippen LogP contribution in [0.4, 0.5) is 0 Å². The average Bonchev–Trinajstić information content (AvgIpc) is 2.63. The van der Waals surface area contributed by atoms with Crippen molar-refractivity contribution in [2.45, 2.75) is 33.3 Å². The summed E-state index contributed by atoms with van der Waals surface area (Å²) in [6, 6.07) is 7.44. The zero-order chi connectivity index (χ0) is 19.5. The summed E-state index contributed by atoms with van der Waals surface area (Å²) < 4.78 is 10.2. The third-order valence-corrected chi connectivity index (χ3v) is 3.67. The number of ether oxygens (including phenoxy) is 2. The first kappa shape index (κ1) is 21.7. The molecule has 0 fully saturated rings. The molecule has 1 N–H and O–H groups in total. The molecule has 0 heterocycles. The van der Waals surface area contributed by atoms with Gasteiger partial charge < -0.3 is 19.5 Å². The van der Waals surface area contributed by atoms with Gasteiger partial charge in [-0.1, -0.05) is 26.0 Å². The molecule has 2 unspecified atom stereocenters. The number of benzene rings is 1. The van der Waals surface area contributed by atoms with E-state index in [1.165, 1.54) is 18.1 Å². The minimum atomic E-state index is -0.688. The summed E-state index contributed by atoms with van der Waals surface area (Å²) in [6.45, 7) is 6.33. The van der Waals surface area contributed by atoms with Gasteiger partial charge in [-0.15, -0.1) is 0 Å². The predicted octanol–water partition coefficient (Wildman–Crippen LogP) is 2.51. The molecule has 144 valence electrons. The van der Waals surface area contributed by atoms with Crippen LogP contribution < -0.4 is 4.74 Å². The van der Waals surface area contributed by atoms with Crippen molar-refractivity contribution >= 4 is 18.0 Å². The monoisotopic (exact) mass is 363 g/mol. The second-order valence-electron chi connectivity index (χ2n) is 6.27. The van der Waals surface area contributed by atoms with Gasteiger partial charge >= 0.3 is 5.97 Å². The highest BCUT2D eigenvalue weighted by molar-refractivity contribution is 5.92. The van der Waals surface area contributed by atoms with Crippen molar-refractivity contribution in [2.24, 2.45) is 5.92 Å². The normalized spacial score (nSPS) is 13.3. The van der Waals surface area contributed by atoms with Crippen molar-refractivity contribution in [3.63, 3.8) is 0 Å². The summed E-state index contributed by atoms with van der Waals surface area (Å²) >= 11 is 0. The minimum Gasteiger partial charge on any atom is -0.494 e. The van der Waals surface area contributed by atoms with Gasteiger partial charge in [0.05, 0.1) is 25.7 Å². The Labute approximate surface area is 155 Å². The topological polar surface area (TPSA) is 76.1 Å². The summed E-state index contributed by atoms with van der Waals surface area (Å²) in [7, 11) is 1.31. The summed E-state index contributed by atoms with van der Waals surface area (Å²) in [5, 5.41) is 9.62. The lowest BCUT2D eigenvalue weighted by Crippen LogP contribution is -2.40. The van der Waals surface area contributed by atoms with E-state index < -0.39 is 12.0 Å². The molecule has 1 rings (SSSR count). The third-order valence-electron chi connectivity index (χ3n) is 3.67. The Kier molecular flexibility index (Phi) is 9.44. The van der Waals surface area contributed by atoms with Gasteiger partial charge in [-0.05, 0) is 37.1 Å². The van der Waals surface area contributed by atoms with Crippen molar-refractivity contribution in [1.29, 1.82) is 0 Å². The molecule has 1 aromatic carbocycles. The van der Waals surface area contributed by atoms with E-state index in [-0.39, 0.29) is 25.0 Å². The van der Waals surface area contributed by atoms with Crippen molar-refractivity contribution in [1.82, 2.24) is 4.90 Å². The molecule has 1 aromatic rings. The fourth-order valence-corrected chi connectivity index (χ4v) is 2.35. The van der Waals surface area contributed by atoms with Gasteiger partial charge in [0, 0.05) is 19.2 Å². The molecule has 26 heavy (non-hydrogen) atoms. The van der Waals surface area contributed by atoms with E-state index in [1.807, 2.05) is 31.2 Å². The smallest absolute Gasteiger partial charge is 0.310 e. The zero-order valence-electron chi connectivity index (χ0n) is 16.0. The van der Waals surface area contributed by atoms with Gasteiger partial charge in [0.15, 0.2) is 0 Å². The molecule has 0 bridgehead atoms. The van der Waals surface area contributed by atoms with Crippen LogP contribution in [0, 0.1) is 5.92 Å². The van der Waals surface area contributed by atoms with Crippen LogP contribution in [-0.4, -0.2) is 54.8 Å². The Morgan fingerprint density at radius 1 is 1.19 bits per heavy atom. The molecule has 0 aromatic heterocycles. The van der Waals surface area contributed by atoms with Gasteiger partial charge in [0.2, 0.25) is 5.91 Å². The number of hydrogen-bond acceptors (Lipinski definition) is 5. The van der Waals surface area contributed by atoms with Crippen molar-refractivity contribution in [2.75, 3.05) is 26.8 Å². The van der Waals surface area contributed by atoms with E-state index in [2.05, 4.69) is 0 Å². The summed E-state index contributed by atoms with van der Waals surface area (Å²) in [4.78, 5) is 25.5. The number of nitrogens with zero attached hydrogens (tertiary/aromatic N) is 1. The number of rotatable bonds is 10. The van der Waals surface area contributed by atoms with Crippen LogP contribution in [0.15, 0.2) is 30.3 Å². The van der Waals surface area contributed by atoms with Crippen LogP contribution in [0.5, 0.6) is 5.75 Å². The lowest BCUT2D eigenvalue weighted by Gasteiger charge is -2.25. The Hall–Kier alpha value is -2.34. The maximum absolute atomic E-state index is 12.5. The third kappa shape index (κ3) is 7.70. The van der Waals surface area contributed by atoms with Crippen molar-refractivity contribution < 1.29 is 24.2 Å². The van der Waals surface area contributed by atoms with Crippen LogP contribution in [0.1, 0.15) is 32.8 Å². The number of carbonyl (C=O) groups is 2. The van der Waals surface area contributed by atoms with E-state index in [1.54, 1.807) is 19.9 Å². The van der Waals surface area contributed by atoms with Crippen LogP contribution in [0.3, 0.4) is 0 Å². The molecule has 0 aliphatic carbocycles. The number of amides is 1. The van der Waals surface area contributed by atoms with E-state index >= 15 is 0 Å². The summed E-state index contributed by atoms with van der Waals surface area (Å²) in [5.74, 6) is -0.336. The number of aliphatic hydroxyl groups is 1. The molecule has 6 heteroatoms. The first-order valence-corrected chi connectivity index (χ1v) is 8.83. The van der Waals surface area contributed by atoms with E-state index in [0.29, 0.717) is 6.61 Å². The Bertz CT molecular complexity index is 595. The molecule has 0 aliphatic heterocycles. The number of aliphatic hydroxyl groups excluding tert-OH is 1. The number of carbonyl (C=O) groups excluding carboxylic acids is 2. The van der Waals surface area contributed by atoms with Gasteiger partial charge in [-0.2, -0.15) is 0 Å². The number of hydrogen-bond donors (Lipinski definition) is 1. The fourth-order valence-electron chi connectivity index (χ4n) is 2.35. The highest BCUT2D eigenvalue weighted by Crippen LogP contribution is 2.14. The minimum absolute atomic E-state index is 0.147. The maximum atomic E-state index is 12.5. The maximum Gasteiger partial charge on any atom is 0.310 e. The summed E-state index contributed by atoms with van der Waals surface area (Å²) in [6.07, 6.45) is 3.39. The van der Waals surface area contributed by atoms with Gasteiger partial charge in [0.1, 0.15) is 5.75 Å². The molecule has 0 spiro atoms. The van der Waals surface area contributed by atoms with Crippen LogP contribution >= 0.6 is 0 Å². The Balaban J connectivity index is 2.74. The first-order valence-electron chi connectivity index (χ1n) is 8.83. The van der Waals surface area contributed by atoms with Gasteiger partial charge in [0.25, 0.3) is 0 Å². The molecule has 0 saturated carbocycles. The SMILES string of the molecule is CCCOc1ccc(/C=C/C(=O)N(CC(C)O)CC(C)C(=O)OC)cc1. The van der Waals surface area contributed by atoms with Crippen LogP contribution in [0.25, 0.3) is 6.08 Å². The Morgan fingerprint density at radius 3 is 2.38 bits per heavy atom. The molecule has 0 saturated heterocycles. The first-order chi connectivity index (χ1) is 12.4. The molecular weight excluding hydrogens is 334 g/mol. The van der Waals surface area contributed by atoms with Gasteiger partial charge in [-0.3, -0.25) is 9.59 Å². The van der Waals surface area contributed by atoms with E-state index in [9.17, 15) is 14.7 Å². The van der Waals surface area contributed by atoms with Crippen LogP contribution in [0.2, 0.25) is 0 Å². The van der Waals surface area contributed by atoms with Crippen molar-refractivity contribution in [3.05, 3.63) is 35.9 Å². The number of methoxy groups -OCH3 is 1. The molecule has 0 radical (unpaired) electrons. The lowest BCUT2D eigenvalue weighted by atomic mass is 10.1.